The second-order valence-electron chi connectivity index (χ2n) is 9.44. The topological polar surface area (TPSA) is 85.1 Å². The van der Waals surface area contributed by atoms with E-state index >= 15 is 0 Å². The lowest BCUT2D eigenvalue weighted by molar-refractivity contribution is 0.0697. The highest BCUT2D eigenvalue weighted by molar-refractivity contribution is 5.96. The van der Waals surface area contributed by atoms with Gasteiger partial charge in [-0.05, 0) is 35.1 Å². The highest BCUT2D eigenvalue weighted by atomic mass is 16.4. The Kier molecular flexibility index (Phi) is 7.56. The van der Waals surface area contributed by atoms with E-state index in [1.165, 1.54) is 19.3 Å². The molecule has 2 aromatic carbocycles. The van der Waals surface area contributed by atoms with E-state index in [1.807, 2.05) is 41.1 Å². The predicted molar refractivity (Wildman–Crippen MR) is 132 cm³/mol. The number of Topliss-reactive ketones (excluding diaryl/α,β-unsaturated/α-hetero) is 1. The summed E-state index contributed by atoms with van der Waals surface area (Å²) in [6, 6.07) is 14.9. The minimum Gasteiger partial charge on any atom is -0.478 e. The summed E-state index contributed by atoms with van der Waals surface area (Å²) in [5.41, 5.74) is 2.85. The molecule has 0 saturated heterocycles. The second kappa shape index (κ2) is 10.8. The van der Waals surface area contributed by atoms with E-state index in [0.29, 0.717) is 30.3 Å². The normalized spacial score (nSPS) is 15.2. The zero-order valence-electron chi connectivity index (χ0n) is 20.0. The Morgan fingerprint density at radius 2 is 1.76 bits per heavy atom. The first kappa shape index (κ1) is 23.9. The molecular formula is C28H33N3O3. The van der Waals surface area contributed by atoms with Crippen LogP contribution in [0.2, 0.25) is 0 Å². The van der Waals surface area contributed by atoms with E-state index in [4.69, 9.17) is 0 Å². The first-order chi connectivity index (χ1) is 16.5. The number of aromatic carboxylic acids is 1. The number of nitrogens with zero attached hydrogens (tertiary/aromatic N) is 3. The molecule has 1 saturated carbocycles. The lowest BCUT2D eigenvalue weighted by Crippen LogP contribution is -2.13. The summed E-state index contributed by atoms with van der Waals surface area (Å²) in [4.78, 5) is 29.2. The molecule has 1 heterocycles. The quantitative estimate of drug-likeness (QED) is 0.376. The number of ketones is 1. The van der Waals surface area contributed by atoms with Crippen LogP contribution in [-0.2, 0) is 6.54 Å². The third kappa shape index (κ3) is 5.44. The summed E-state index contributed by atoms with van der Waals surface area (Å²) in [6.07, 6.45) is 7.41. The molecule has 0 bridgehead atoms. The van der Waals surface area contributed by atoms with Gasteiger partial charge in [-0.25, -0.2) is 14.5 Å². The van der Waals surface area contributed by atoms with E-state index in [0.717, 1.165) is 36.2 Å². The number of carbonyl (C=O) groups is 2. The molecule has 1 fully saturated rings. The molecule has 178 valence electrons. The molecular weight excluding hydrogens is 426 g/mol. The van der Waals surface area contributed by atoms with Crippen LogP contribution in [0.5, 0.6) is 0 Å². The largest absolute Gasteiger partial charge is 0.478 e. The van der Waals surface area contributed by atoms with Crippen molar-refractivity contribution in [1.82, 2.24) is 14.8 Å². The first-order valence-electron chi connectivity index (χ1n) is 12.4. The van der Waals surface area contributed by atoms with Crippen LogP contribution in [0.25, 0.3) is 11.1 Å². The van der Waals surface area contributed by atoms with Crippen molar-refractivity contribution in [3.8, 4) is 11.1 Å². The Morgan fingerprint density at radius 1 is 1.06 bits per heavy atom. The van der Waals surface area contributed by atoms with Gasteiger partial charge in [0.05, 0.1) is 12.1 Å². The molecule has 1 atom stereocenters. The van der Waals surface area contributed by atoms with Crippen molar-refractivity contribution in [2.24, 2.45) is 5.92 Å². The van der Waals surface area contributed by atoms with Gasteiger partial charge in [-0.3, -0.25) is 4.79 Å². The van der Waals surface area contributed by atoms with Crippen molar-refractivity contribution >= 4 is 11.8 Å². The van der Waals surface area contributed by atoms with Crippen LogP contribution in [0.1, 0.15) is 97.1 Å². The van der Waals surface area contributed by atoms with Crippen LogP contribution in [0.15, 0.2) is 48.5 Å². The molecule has 1 unspecified atom stereocenters. The van der Waals surface area contributed by atoms with Gasteiger partial charge in [0.15, 0.2) is 0 Å². The number of benzene rings is 2. The standard InChI is InChI=1S/C28H33N3O3/c1-3-19(2)27-29-26(25(32)17-20-9-5-4-6-10-20)30-31(27)18-21-13-15-22(16-14-21)23-11-7-8-12-24(23)28(33)34/h7-8,11-16,19-20H,3-6,9-10,17-18H2,1-2H3,(H,33,34). The third-order valence-electron chi connectivity index (χ3n) is 6.96. The van der Waals surface area contributed by atoms with Crippen molar-refractivity contribution in [2.45, 2.75) is 71.3 Å². The fraction of sp³-hybridized carbons (Fsp3) is 0.429. The summed E-state index contributed by atoms with van der Waals surface area (Å²) >= 11 is 0. The fourth-order valence-electron chi connectivity index (χ4n) is 4.76. The molecule has 1 aliphatic rings. The van der Waals surface area contributed by atoms with Crippen LogP contribution in [0, 0.1) is 5.92 Å². The lowest BCUT2D eigenvalue weighted by Gasteiger charge is -2.19. The maximum atomic E-state index is 12.9. The smallest absolute Gasteiger partial charge is 0.336 e. The number of carboxylic acids is 1. The maximum absolute atomic E-state index is 12.9. The summed E-state index contributed by atoms with van der Waals surface area (Å²) in [7, 11) is 0. The van der Waals surface area contributed by atoms with Gasteiger partial charge in [-0.1, -0.05) is 88.4 Å². The van der Waals surface area contributed by atoms with Gasteiger partial charge in [0.1, 0.15) is 5.82 Å². The van der Waals surface area contributed by atoms with Gasteiger partial charge in [-0.15, -0.1) is 5.10 Å². The van der Waals surface area contributed by atoms with E-state index in [2.05, 4.69) is 23.9 Å². The van der Waals surface area contributed by atoms with Crippen molar-refractivity contribution in [1.29, 1.82) is 0 Å². The maximum Gasteiger partial charge on any atom is 0.336 e. The lowest BCUT2D eigenvalue weighted by atomic mass is 9.86. The summed E-state index contributed by atoms with van der Waals surface area (Å²) in [5.74, 6) is 0.955. The molecule has 0 spiro atoms. The second-order valence-corrected chi connectivity index (χ2v) is 9.44. The van der Waals surface area contributed by atoms with Crippen LogP contribution in [0.3, 0.4) is 0 Å². The van der Waals surface area contributed by atoms with Crippen molar-refractivity contribution in [3.63, 3.8) is 0 Å². The molecule has 3 aromatic rings. The third-order valence-corrected chi connectivity index (χ3v) is 6.96. The number of aromatic nitrogens is 3. The summed E-state index contributed by atoms with van der Waals surface area (Å²) in [5, 5.41) is 14.1. The highest BCUT2D eigenvalue weighted by Gasteiger charge is 2.23. The number of hydrogen-bond donors (Lipinski definition) is 1. The zero-order valence-corrected chi connectivity index (χ0v) is 20.0. The number of carbonyl (C=O) groups excluding carboxylic acids is 1. The predicted octanol–water partition coefficient (Wildman–Crippen LogP) is 6.36. The number of carboxylic acid groups (broad SMARTS) is 1. The average Bonchev–Trinajstić information content (AvgIpc) is 3.28. The van der Waals surface area contributed by atoms with Crippen molar-refractivity contribution < 1.29 is 14.7 Å². The summed E-state index contributed by atoms with van der Waals surface area (Å²) in [6.45, 7) is 4.74. The molecule has 1 N–H and O–H groups in total. The molecule has 6 nitrogen and oxygen atoms in total. The average molecular weight is 460 g/mol. The van der Waals surface area contributed by atoms with E-state index in [9.17, 15) is 14.7 Å². The molecule has 0 amide bonds. The molecule has 34 heavy (non-hydrogen) atoms. The van der Waals surface area contributed by atoms with Gasteiger partial charge in [0.25, 0.3) is 0 Å². The molecule has 6 heteroatoms. The Bertz CT molecular complexity index is 1140. The Labute approximate surface area is 201 Å². The molecule has 4 rings (SSSR count). The molecule has 1 aromatic heterocycles. The van der Waals surface area contributed by atoms with Crippen LogP contribution in [0.4, 0.5) is 0 Å². The SMILES string of the molecule is CCC(C)c1nc(C(=O)CC2CCCCC2)nn1Cc1ccc(-c2ccccc2C(=O)O)cc1. The number of hydrogen-bond acceptors (Lipinski definition) is 4. The van der Waals surface area contributed by atoms with E-state index in [1.54, 1.807) is 12.1 Å². The van der Waals surface area contributed by atoms with Crippen molar-refractivity contribution in [3.05, 3.63) is 71.3 Å². The first-order valence-corrected chi connectivity index (χ1v) is 12.4. The van der Waals surface area contributed by atoms with Crippen LogP contribution < -0.4 is 0 Å². The van der Waals surface area contributed by atoms with Gasteiger partial charge < -0.3 is 5.11 Å². The minimum atomic E-state index is -0.939. The Morgan fingerprint density at radius 3 is 2.44 bits per heavy atom. The number of rotatable bonds is 9. The fourth-order valence-corrected chi connectivity index (χ4v) is 4.76. The van der Waals surface area contributed by atoms with Crippen LogP contribution >= 0.6 is 0 Å². The van der Waals surface area contributed by atoms with Gasteiger partial charge in [0.2, 0.25) is 11.6 Å². The molecule has 0 radical (unpaired) electrons. The monoisotopic (exact) mass is 459 g/mol. The highest BCUT2D eigenvalue weighted by Crippen LogP contribution is 2.28. The van der Waals surface area contributed by atoms with E-state index < -0.39 is 5.97 Å². The van der Waals surface area contributed by atoms with Crippen LogP contribution in [-0.4, -0.2) is 31.6 Å². The van der Waals surface area contributed by atoms with Gasteiger partial charge in [-0.2, -0.15) is 0 Å². The summed E-state index contributed by atoms with van der Waals surface area (Å²) < 4.78 is 1.86. The molecule has 0 aliphatic heterocycles. The van der Waals surface area contributed by atoms with Gasteiger partial charge in [0, 0.05) is 12.3 Å². The Hall–Kier alpha value is -3.28. The molecule has 1 aliphatic carbocycles. The van der Waals surface area contributed by atoms with Gasteiger partial charge >= 0.3 is 5.97 Å². The van der Waals surface area contributed by atoms with Crippen molar-refractivity contribution in [2.75, 3.05) is 0 Å². The van der Waals surface area contributed by atoms with E-state index in [-0.39, 0.29) is 17.3 Å². The zero-order chi connectivity index (χ0) is 24.1. The minimum absolute atomic E-state index is 0.0517. The Balaban J connectivity index is 1.54.